The Kier molecular flexibility index (Phi) is 6.54. The number of benzene rings is 1. The summed E-state index contributed by atoms with van der Waals surface area (Å²) in [4.78, 5) is 26.2. The lowest BCUT2D eigenvalue weighted by Crippen LogP contribution is -2.48. The molecule has 2 fully saturated rings. The first kappa shape index (κ1) is 26.3. The molecule has 9 nitrogen and oxygen atoms in total. The van der Waals surface area contributed by atoms with Crippen molar-refractivity contribution in [2.75, 3.05) is 41.4 Å². The Morgan fingerprint density at radius 2 is 2.05 bits per heavy atom. The number of amides is 2. The van der Waals surface area contributed by atoms with E-state index < -0.39 is 23.6 Å². The van der Waals surface area contributed by atoms with Crippen molar-refractivity contribution < 1.29 is 32.2 Å². The van der Waals surface area contributed by atoms with E-state index in [1.807, 2.05) is 19.9 Å². The van der Waals surface area contributed by atoms with Crippen molar-refractivity contribution in [1.29, 1.82) is 0 Å². The molecule has 6 rings (SSSR count). The van der Waals surface area contributed by atoms with Crippen LogP contribution in [0.25, 0.3) is 11.3 Å². The summed E-state index contributed by atoms with van der Waals surface area (Å²) in [5.41, 5.74) is 0.663. The number of nitrogens with one attached hydrogen (secondary N) is 1. The molecule has 2 amide bonds. The third kappa shape index (κ3) is 5.28. The minimum atomic E-state index is -4.47. The van der Waals surface area contributed by atoms with E-state index in [0.29, 0.717) is 41.8 Å². The number of hydrogen-bond acceptors (Lipinski definition) is 7. The Balaban J connectivity index is 1.22. The zero-order valence-electron chi connectivity index (χ0n) is 21.9. The molecule has 3 aromatic rings. The Morgan fingerprint density at radius 3 is 2.83 bits per heavy atom. The van der Waals surface area contributed by atoms with Crippen LogP contribution in [-0.4, -0.2) is 60.2 Å². The highest BCUT2D eigenvalue weighted by molar-refractivity contribution is 6.04. The lowest BCUT2D eigenvalue weighted by atomic mass is 10.1. The molecule has 40 heavy (non-hydrogen) atoms. The fourth-order valence-electron chi connectivity index (χ4n) is 5.26. The maximum absolute atomic E-state index is 13.6. The number of rotatable bonds is 5. The summed E-state index contributed by atoms with van der Waals surface area (Å²) in [5.74, 6) is 0.549. The van der Waals surface area contributed by atoms with Crippen LogP contribution in [0.1, 0.15) is 25.8 Å². The monoisotopic (exact) mass is 555 g/mol. The molecule has 0 radical (unpaired) electrons. The Labute approximate surface area is 228 Å². The summed E-state index contributed by atoms with van der Waals surface area (Å²) < 4.78 is 57.1. The van der Waals surface area contributed by atoms with Gasteiger partial charge in [-0.15, -0.1) is 0 Å². The van der Waals surface area contributed by atoms with Crippen LogP contribution in [0.3, 0.4) is 0 Å². The highest BCUT2D eigenvalue weighted by Gasteiger charge is 2.40. The highest BCUT2D eigenvalue weighted by Crippen LogP contribution is 2.41. The number of nitrogens with zero attached hydrogens (tertiary/aromatic N) is 4. The Morgan fingerprint density at radius 1 is 1.20 bits per heavy atom. The lowest BCUT2D eigenvalue weighted by molar-refractivity contribution is -0.141. The summed E-state index contributed by atoms with van der Waals surface area (Å²) in [6.45, 7) is 5.77. The van der Waals surface area contributed by atoms with Gasteiger partial charge in [-0.2, -0.15) is 13.2 Å². The van der Waals surface area contributed by atoms with E-state index in [9.17, 15) is 18.0 Å². The van der Waals surface area contributed by atoms with Crippen molar-refractivity contribution in [3.8, 4) is 17.0 Å². The van der Waals surface area contributed by atoms with Gasteiger partial charge in [0.15, 0.2) is 11.6 Å². The molecule has 2 aromatic heterocycles. The number of pyridine rings is 2. The summed E-state index contributed by atoms with van der Waals surface area (Å²) >= 11 is 0. The average molecular weight is 556 g/mol. The van der Waals surface area contributed by atoms with Gasteiger partial charge >= 0.3 is 12.2 Å². The maximum Gasteiger partial charge on any atom is 0.416 e. The van der Waals surface area contributed by atoms with Crippen molar-refractivity contribution in [1.82, 2.24) is 9.97 Å². The molecule has 12 heteroatoms. The molecule has 2 saturated heterocycles. The molecule has 3 aliphatic rings. The Bertz CT molecular complexity index is 1430. The predicted octanol–water partition coefficient (Wildman–Crippen LogP) is 5.32. The quantitative estimate of drug-likeness (QED) is 0.456. The maximum atomic E-state index is 13.6. The summed E-state index contributed by atoms with van der Waals surface area (Å²) in [7, 11) is 0. The van der Waals surface area contributed by atoms with E-state index in [1.165, 1.54) is 12.3 Å². The van der Waals surface area contributed by atoms with E-state index >= 15 is 0 Å². The Hall–Kier alpha value is -3.90. The van der Waals surface area contributed by atoms with Crippen molar-refractivity contribution in [2.45, 2.75) is 44.4 Å². The van der Waals surface area contributed by atoms with Gasteiger partial charge in [-0.1, -0.05) is 12.1 Å². The third-order valence-corrected chi connectivity index (χ3v) is 7.13. The van der Waals surface area contributed by atoms with Gasteiger partial charge in [0.05, 0.1) is 29.6 Å². The number of anilines is 3. The van der Waals surface area contributed by atoms with E-state index in [4.69, 9.17) is 14.2 Å². The van der Waals surface area contributed by atoms with Crippen LogP contribution in [-0.2, 0) is 15.7 Å². The second kappa shape index (κ2) is 9.93. The second-order valence-corrected chi connectivity index (χ2v) is 10.4. The molecule has 1 N–H and O–H groups in total. The minimum Gasteiger partial charge on any atom is -0.491 e. The molecule has 0 saturated carbocycles. The number of urea groups is 1. The molecule has 2 atom stereocenters. The van der Waals surface area contributed by atoms with Crippen molar-refractivity contribution >= 4 is 23.4 Å². The van der Waals surface area contributed by atoms with E-state index in [0.717, 1.165) is 30.8 Å². The first-order chi connectivity index (χ1) is 19.1. The van der Waals surface area contributed by atoms with Gasteiger partial charge < -0.3 is 19.1 Å². The minimum absolute atomic E-state index is 0.140. The number of fused-ring (bicyclic) bond motifs is 4. The summed E-state index contributed by atoms with van der Waals surface area (Å²) in [5, 5.41) is 2.84. The number of alkyl halides is 3. The molecule has 0 spiro atoms. The van der Waals surface area contributed by atoms with Crippen molar-refractivity contribution in [3.05, 3.63) is 60.3 Å². The number of hydrogen-bond donors (Lipinski definition) is 1. The highest BCUT2D eigenvalue weighted by atomic mass is 19.4. The van der Waals surface area contributed by atoms with Crippen LogP contribution in [0.4, 0.5) is 35.3 Å². The smallest absolute Gasteiger partial charge is 0.416 e. The number of carbonyl (C=O) groups is 1. The first-order valence-corrected chi connectivity index (χ1v) is 13.0. The zero-order chi connectivity index (χ0) is 28.1. The topological polar surface area (TPSA) is 89.1 Å². The van der Waals surface area contributed by atoms with Gasteiger partial charge in [-0.05, 0) is 50.6 Å². The van der Waals surface area contributed by atoms with Gasteiger partial charge in [0.25, 0.3) is 0 Å². The van der Waals surface area contributed by atoms with E-state index in [-0.39, 0.29) is 18.8 Å². The van der Waals surface area contributed by atoms with Crippen molar-refractivity contribution in [3.63, 3.8) is 0 Å². The molecular formula is C28H28F3N5O4. The molecule has 210 valence electrons. The SMILES string of the molecule is CC1(C)OC[C@@H](COc2ccnc(NC(=O)N3c4nc(-c5cccc(C(F)(F)F)c5)ccc4N4CCC3C4)c2)O1. The van der Waals surface area contributed by atoms with E-state index in [1.54, 1.807) is 29.2 Å². The third-order valence-electron chi connectivity index (χ3n) is 7.13. The second-order valence-electron chi connectivity index (χ2n) is 10.4. The number of aromatic nitrogens is 2. The summed E-state index contributed by atoms with van der Waals surface area (Å²) in [6, 6.07) is 11.2. The first-order valence-electron chi connectivity index (χ1n) is 13.0. The fraction of sp³-hybridized carbons (Fsp3) is 0.393. The van der Waals surface area contributed by atoms with Gasteiger partial charge in [0.2, 0.25) is 0 Å². The predicted molar refractivity (Wildman–Crippen MR) is 141 cm³/mol. The van der Waals surface area contributed by atoms with Crippen molar-refractivity contribution in [2.24, 2.45) is 0 Å². The van der Waals surface area contributed by atoms with Crippen LogP contribution in [0.2, 0.25) is 0 Å². The zero-order valence-corrected chi connectivity index (χ0v) is 21.9. The van der Waals surface area contributed by atoms with Gasteiger partial charge in [-0.3, -0.25) is 10.2 Å². The molecule has 1 aromatic carbocycles. The van der Waals surface area contributed by atoms with Gasteiger partial charge in [0.1, 0.15) is 24.3 Å². The molecular weight excluding hydrogens is 527 g/mol. The number of carbonyl (C=O) groups excluding carboxylic acids is 1. The summed E-state index contributed by atoms with van der Waals surface area (Å²) in [6.07, 6.45) is -2.42. The number of halogens is 3. The van der Waals surface area contributed by atoms with Gasteiger partial charge in [-0.25, -0.2) is 14.8 Å². The molecule has 2 bridgehead atoms. The average Bonchev–Trinajstić information content (AvgIpc) is 3.50. The molecule has 1 unspecified atom stereocenters. The van der Waals surface area contributed by atoms with Gasteiger partial charge in [0, 0.05) is 30.9 Å². The van der Waals surface area contributed by atoms with Crippen LogP contribution in [0, 0.1) is 0 Å². The number of ether oxygens (including phenoxy) is 3. The fourth-order valence-corrected chi connectivity index (χ4v) is 5.26. The van der Waals surface area contributed by atoms with Crippen LogP contribution in [0.15, 0.2) is 54.7 Å². The van der Waals surface area contributed by atoms with Crippen LogP contribution < -0.4 is 19.9 Å². The standard InChI is InChI=1S/C28H28F3N5O4/c1-27(2)39-16-21(40-27)15-38-20-8-10-32-24(13-20)34-26(37)36-19-9-11-35(14-19)23-7-6-22(33-25(23)36)17-4-3-5-18(12-17)28(29,30)31/h3-8,10,12-13,19,21H,9,11,14-16H2,1-2H3,(H,32,34,37)/t19?,21-/m1/s1. The van der Waals surface area contributed by atoms with Crippen LogP contribution >= 0.6 is 0 Å². The molecule has 5 heterocycles. The molecule has 0 aliphatic carbocycles. The van der Waals surface area contributed by atoms with E-state index in [2.05, 4.69) is 20.2 Å². The largest absolute Gasteiger partial charge is 0.491 e. The lowest BCUT2D eigenvalue weighted by Gasteiger charge is -2.35. The molecule has 3 aliphatic heterocycles. The van der Waals surface area contributed by atoms with Crippen LogP contribution in [0.5, 0.6) is 5.75 Å². The normalized spacial score (nSPS) is 21.3.